The van der Waals surface area contributed by atoms with Crippen LogP contribution in [0.3, 0.4) is 0 Å². The molecule has 0 radical (unpaired) electrons. The van der Waals surface area contributed by atoms with Crippen molar-refractivity contribution >= 4 is 11.9 Å². The third-order valence-corrected chi connectivity index (χ3v) is 11.6. The summed E-state index contributed by atoms with van der Waals surface area (Å²) in [5, 5.41) is 22.8. The minimum atomic E-state index is -1.34. The van der Waals surface area contributed by atoms with Gasteiger partial charge in [-0.25, -0.2) is 0 Å². The number of aliphatic hydroxyl groups is 2. The average Bonchev–Trinajstić information content (AvgIpc) is 3.19. The monoisotopic (exact) mass is 860 g/mol. The molecule has 6 heteroatoms. The summed E-state index contributed by atoms with van der Waals surface area (Å²) < 4.78 is 6.11. The van der Waals surface area contributed by atoms with E-state index in [1.54, 1.807) is 13.8 Å². The number of esters is 1. The lowest BCUT2D eigenvalue weighted by Gasteiger charge is -2.30. The molecule has 0 aromatic carbocycles. The largest absolute Gasteiger partial charge is 0.465 e. The molecule has 6 nitrogen and oxygen atoms in total. The summed E-state index contributed by atoms with van der Waals surface area (Å²) in [6, 6.07) is 0. The van der Waals surface area contributed by atoms with Crippen LogP contribution in [0.4, 0.5) is 0 Å². The van der Waals surface area contributed by atoms with E-state index in [2.05, 4.69) is 143 Å². The van der Waals surface area contributed by atoms with Crippen LogP contribution in [0.25, 0.3) is 0 Å². The molecule has 0 heterocycles. The number of nitrogens with one attached hydrogen (secondary N) is 1. The van der Waals surface area contributed by atoms with Gasteiger partial charge in [-0.2, -0.15) is 0 Å². The van der Waals surface area contributed by atoms with Gasteiger partial charge >= 0.3 is 5.97 Å². The fourth-order valence-electron chi connectivity index (χ4n) is 6.77. The first-order valence-electron chi connectivity index (χ1n) is 23.7. The van der Waals surface area contributed by atoms with Gasteiger partial charge in [-0.05, 0) is 186 Å². The molecule has 352 valence electrons. The maximum absolute atomic E-state index is 14.5. The maximum atomic E-state index is 14.5. The van der Waals surface area contributed by atoms with Crippen LogP contribution in [0.15, 0.2) is 105 Å². The second kappa shape index (κ2) is 33.1. The van der Waals surface area contributed by atoms with E-state index in [1.807, 2.05) is 0 Å². The third kappa shape index (κ3) is 29.0. The smallest absolute Gasteiger partial charge is 0.313 e. The summed E-state index contributed by atoms with van der Waals surface area (Å²) in [4.78, 5) is 27.1. The van der Waals surface area contributed by atoms with Crippen LogP contribution in [0, 0.1) is 10.8 Å². The molecule has 1 amide bonds. The van der Waals surface area contributed by atoms with Crippen molar-refractivity contribution < 1.29 is 24.5 Å². The number of carbonyl (C=O) groups excluding carboxylic acids is 2. The number of aliphatic hydroxyl groups excluding tert-OH is 2. The summed E-state index contributed by atoms with van der Waals surface area (Å²) in [5.41, 5.74) is 10.4. The van der Waals surface area contributed by atoms with Gasteiger partial charge in [0.1, 0.15) is 6.10 Å². The normalized spacial score (nSPS) is 14.8. The summed E-state index contributed by atoms with van der Waals surface area (Å²) >= 11 is 0. The molecular weight excluding hydrogens is 767 g/mol. The van der Waals surface area contributed by atoms with Crippen molar-refractivity contribution in [2.75, 3.05) is 19.8 Å². The second-order valence-corrected chi connectivity index (χ2v) is 19.6. The van der Waals surface area contributed by atoms with Crippen LogP contribution in [0.2, 0.25) is 0 Å². The Kier molecular flexibility index (Phi) is 31.2. The molecule has 1 atom stereocenters. The summed E-state index contributed by atoms with van der Waals surface area (Å²) in [7, 11) is 0. The molecule has 0 aliphatic carbocycles. The van der Waals surface area contributed by atoms with Gasteiger partial charge in [0.15, 0.2) is 0 Å². The Morgan fingerprint density at radius 1 is 0.516 bits per heavy atom. The van der Waals surface area contributed by atoms with Crippen LogP contribution in [-0.4, -0.2) is 48.0 Å². The molecule has 0 spiro atoms. The van der Waals surface area contributed by atoms with Gasteiger partial charge < -0.3 is 20.3 Å². The Morgan fingerprint density at radius 2 is 0.823 bits per heavy atom. The molecule has 0 aliphatic rings. The van der Waals surface area contributed by atoms with Gasteiger partial charge in [0, 0.05) is 12.0 Å². The van der Waals surface area contributed by atoms with E-state index < -0.39 is 22.8 Å². The highest BCUT2D eigenvalue weighted by atomic mass is 16.5. The number of rotatable bonds is 32. The van der Waals surface area contributed by atoms with Crippen LogP contribution in [-0.2, 0) is 14.3 Å². The first kappa shape index (κ1) is 58.5. The minimum absolute atomic E-state index is 0.152. The van der Waals surface area contributed by atoms with E-state index >= 15 is 0 Å². The Labute approximate surface area is 381 Å². The molecule has 62 heavy (non-hydrogen) atoms. The predicted molar refractivity (Wildman–Crippen MR) is 268 cm³/mol. The molecule has 0 aromatic rings. The lowest BCUT2D eigenvalue weighted by atomic mass is 9.76. The molecular formula is C56H93NO5. The first-order valence-corrected chi connectivity index (χ1v) is 23.7. The highest BCUT2D eigenvalue weighted by Gasteiger charge is 2.37. The zero-order valence-electron chi connectivity index (χ0n) is 42.3. The van der Waals surface area contributed by atoms with Gasteiger partial charge in [0.2, 0.25) is 5.91 Å². The van der Waals surface area contributed by atoms with Gasteiger partial charge in [-0.1, -0.05) is 119 Å². The number of carbonyl (C=O) groups is 2. The number of hydrogen-bond donors (Lipinski definition) is 3. The van der Waals surface area contributed by atoms with Crippen molar-refractivity contribution in [1.82, 2.24) is 5.32 Å². The van der Waals surface area contributed by atoms with Gasteiger partial charge in [0.05, 0.1) is 18.6 Å². The molecule has 0 saturated heterocycles. The molecule has 0 bridgehead atoms. The van der Waals surface area contributed by atoms with Crippen LogP contribution in [0.1, 0.15) is 200 Å². The zero-order chi connectivity index (χ0) is 47.1. The molecule has 0 fully saturated rings. The Hall–Kier alpha value is -3.48. The summed E-state index contributed by atoms with van der Waals surface area (Å²) in [5.74, 6) is -0.761. The standard InChI is InChI=1S/C56H93NO5/c1-43(2)22-15-25-46(7)28-18-31-49(10)34-37-56(38-35-50(11)32-19-29-47(8)26-16-23-44(3)4,39-36-51(12)33-20-30-48(9)27-17-24-45(5)6)54(61)62-41-21-40-57-53(60)52(59)55(13,14)42-58/h22-24,28-30,34-36,52,58-59H,15-21,25-27,31-33,37-42H2,1-14H3,(H,57,60). The van der Waals surface area contributed by atoms with Gasteiger partial charge in [-0.15, -0.1) is 0 Å². The lowest BCUT2D eigenvalue weighted by molar-refractivity contribution is -0.155. The molecule has 0 aliphatic heterocycles. The zero-order valence-corrected chi connectivity index (χ0v) is 42.3. The van der Waals surface area contributed by atoms with Crippen LogP contribution >= 0.6 is 0 Å². The molecule has 0 saturated carbocycles. The van der Waals surface area contributed by atoms with Crippen molar-refractivity contribution in [1.29, 1.82) is 0 Å². The highest BCUT2D eigenvalue weighted by molar-refractivity contribution is 5.81. The van der Waals surface area contributed by atoms with E-state index in [0.717, 1.165) is 77.0 Å². The fraction of sp³-hybridized carbons (Fsp3) is 0.643. The Morgan fingerprint density at radius 3 is 1.13 bits per heavy atom. The highest BCUT2D eigenvalue weighted by Crippen LogP contribution is 2.37. The van der Waals surface area contributed by atoms with Crippen molar-refractivity contribution in [3.8, 4) is 0 Å². The molecule has 0 aromatic heterocycles. The number of hydrogen-bond acceptors (Lipinski definition) is 5. The third-order valence-electron chi connectivity index (χ3n) is 11.6. The van der Waals surface area contributed by atoms with Crippen LogP contribution in [0.5, 0.6) is 0 Å². The topological polar surface area (TPSA) is 95.9 Å². The van der Waals surface area contributed by atoms with Gasteiger partial charge in [-0.3, -0.25) is 9.59 Å². The maximum Gasteiger partial charge on any atom is 0.313 e. The van der Waals surface area contributed by atoms with Crippen LogP contribution < -0.4 is 5.32 Å². The molecule has 1 unspecified atom stereocenters. The van der Waals surface area contributed by atoms with E-state index in [9.17, 15) is 19.8 Å². The number of allylic oxidation sites excluding steroid dienone is 18. The van der Waals surface area contributed by atoms with E-state index in [-0.39, 0.29) is 25.7 Å². The first-order chi connectivity index (χ1) is 29.1. The Bertz CT molecular complexity index is 1460. The SMILES string of the molecule is CC(C)=CCCC(C)=CCCC(C)=CCC(CC=C(C)CCC=C(C)CCC=C(C)C)(CC=C(C)CCC=C(C)CCC=C(C)C)C(=O)OCCCNC(=O)C(O)C(C)(C)CO. The van der Waals surface area contributed by atoms with E-state index in [4.69, 9.17) is 4.74 Å². The van der Waals surface area contributed by atoms with Crippen molar-refractivity contribution in [3.05, 3.63) is 105 Å². The van der Waals surface area contributed by atoms with Crippen molar-refractivity contribution in [2.24, 2.45) is 10.8 Å². The molecule has 0 rings (SSSR count). The number of amides is 1. The fourth-order valence-corrected chi connectivity index (χ4v) is 6.77. The predicted octanol–water partition coefficient (Wildman–Crippen LogP) is 14.8. The van der Waals surface area contributed by atoms with E-state index in [0.29, 0.717) is 25.7 Å². The molecule has 3 N–H and O–H groups in total. The average molecular weight is 860 g/mol. The van der Waals surface area contributed by atoms with Gasteiger partial charge in [0.25, 0.3) is 0 Å². The Balaban J connectivity index is 6.53. The number of ether oxygens (including phenoxy) is 1. The lowest BCUT2D eigenvalue weighted by Crippen LogP contribution is -2.45. The minimum Gasteiger partial charge on any atom is -0.465 e. The van der Waals surface area contributed by atoms with E-state index in [1.165, 1.54) is 50.2 Å². The van der Waals surface area contributed by atoms with Crippen molar-refractivity contribution in [2.45, 2.75) is 206 Å². The van der Waals surface area contributed by atoms with Crippen molar-refractivity contribution in [3.63, 3.8) is 0 Å². The summed E-state index contributed by atoms with van der Waals surface area (Å²) in [6.07, 6.45) is 33.7. The quantitative estimate of drug-likeness (QED) is 0.0356. The second-order valence-electron chi connectivity index (χ2n) is 19.6. The summed E-state index contributed by atoms with van der Waals surface area (Å²) in [6.45, 7) is 29.4.